The Morgan fingerprint density at radius 1 is 1.09 bits per heavy atom. The maximum atomic E-state index is 12.9. The Labute approximate surface area is 193 Å². The number of hydrogen-bond donors (Lipinski definition) is 1. The van der Waals surface area contributed by atoms with Crippen molar-refractivity contribution in [2.45, 2.75) is 43.0 Å². The van der Waals surface area contributed by atoms with E-state index in [1.54, 1.807) is 25.3 Å². The van der Waals surface area contributed by atoms with Gasteiger partial charge in [-0.05, 0) is 68.7 Å². The molecule has 32 heavy (non-hydrogen) atoms. The highest BCUT2D eigenvalue weighted by atomic mass is 32.2. The summed E-state index contributed by atoms with van der Waals surface area (Å²) in [6.45, 7) is 7.72. The van der Waals surface area contributed by atoms with Gasteiger partial charge in [-0.15, -0.1) is 0 Å². The van der Waals surface area contributed by atoms with E-state index < -0.39 is 15.3 Å². The van der Waals surface area contributed by atoms with Crippen molar-refractivity contribution in [2.24, 2.45) is 0 Å². The molecule has 0 aliphatic rings. The van der Waals surface area contributed by atoms with Gasteiger partial charge in [0.15, 0.2) is 5.16 Å². The van der Waals surface area contributed by atoms with Crippen molar-refractivity contribution in [2.75, 3.05) is 19.4 Å². The quantitative estimate of drug-likeness (QED) is 0.522. The summed E-state index contributed by atoms with van der Waals surface area (Å²) in [6, 6.07) is 11.0. The van der Waals surface area contributed by atoms with Gasteiger partial charge in [0.1, 0.15) is 0 Å². The van der Waals surface area contributed by atoms with Crippen molar-refractivity contribution in [3.63, 3.8) is 0 Å². The van der Waals surface area contributed by atoms with Crippen LogP contribution in [0.2, 0.25) is 0 Å². The molecule has 1 amide bonds. The molecule has 3 aromatic rings. The lowest BCUT2D eigenvalue weighted by atomic mass is 10.1. The summed E-state index contributed by atoms with van der Waals surface area (Å²) in [5.41, 5.74) is 4.55. The molecule has 0 saturated heterocycles. The zero-order valence-electron chi connectivity index (χ0n) is 19.1. The SMILES string of the molecule is Cc1cc(C)cc(-n2ccnc2SC(C)C(=O)Nc2cc(S(=O)(=O)N(C)C)ccc2C)c1. The summed E-state index contributed by atoms with van der Waals surface area (Å²) in [7, 11) is -0.641. The number of sulfonamides is 1. The van der Waals surface area contributed by atoms with E-state index in [1.165, 1.54) is 31.9 Å². The number of hydrogen-bond acceptors (Lipinski definition) is 5. The molecule has 1 atom stereocenters. The van der Waals surface area contributed by atoms with Crippen LogP contribution in [-0.4, -0.2) is 47.5 Å². The van der Waals surface area contributed by atoms with Crippen LogP contribution in [0, 0.1) is 20.8 Å². The second-order valence-electron chi connectivity index (χ2n) is 7.94. The number of nitrogens with one attached hydrogen (secondary N) is 1. The fourth-order valence-corrected chi connectivity index (χ4v) is 5.03. The number of aromatic nitrogens is 2. The minimum atomic E-state index is -3.59. The van der Waals surface area contributed by atoms with Crippen molar-refractivity contribution in [1.29, 1.82) is 0 Å². The fourth-order valence-electron chi connectivity index (χ4n) is 3.22. The molecule has 0 spiro atoms. The smallest absolute Gasteiger partial charge is 0.242 e. The summed E-state index contributed by atoms with van der Waals surface area (Å²) in [4.78, 5) is 17.5. The molecular formula is C23H28N4O3S2. The van der Waals surface area contributed by atoms with Crippen LogP contribution in [-0.2, 0) is 14.8 Å². The van der Waals surface area contributed by atoms with E-state index in [9.17, 15) is 13.2 Å². The lowest BCUT2D eigenvalue weighted by Gasteiger charge is -2.17. The molecular weight excluding hydrogens is 444 g/mol. The summed E-state index contributed by atoms with van der Waals surface area (Å²) in [5.74, 6) is -0.229. The van der Waals surface area contributed by atoms with Gasteiger partial charge < -0.3 is 5.32 Å². The van der Waals surface area contributed by atoms with Crippen LogP contribution in [0.3, 0.4) is 0 Å². The molecule has 170 valence electrons. The summed E-state index contributed by atoms with van der Waals surface area (Å²) in [5, 5.41) is 3.13. The van der Waals surface area contributed by atoms with Crippen LogP contribution in [0.1, 0.15) is 23.6 Å². The van der Waals surface area contributed by atoms with Crippen LogP contribution < -0.4 is 5.32 Å². The highest BCUT2D eigenvalue weighted by Gasteiger charge is 2.21. The molecule has 0 radical (unpaired) electrons. The zero-order chi connectivity index (χ0) is 23.6. The van der Waals surface area contributed by atoms with E-state index in [2.05, 4.69) is 28.5 Å². The number of thioether (sulfide) groups is 1. The van der Waals surface area contributed by atoms with E-state index >= 15 is 0 Å². The number of anilines is 1. The third kappa shape index (κ3) is 5.23. The predicted octanol–water partition coefficient (Wildman–Crippen LogP) is 4.17. The van der Waals surface area contributed by atoms with E-state index in [-0.39, 0.29) is 10.8 Å². The molecule has 0 aliphatic carbocycles. The van der Waals surface area contributed by atoms with E-state index in [1.807, 2.05) is 31.5 Å². The first-order valence-electron chi connectivity index (χ1n) is 10.1. The zero-order valence-corrected chi connectivity index (χ0v) is 20.7. The Morgan fingerprint density at radius 2 is 1.75 bits per heavy atom. The minimum Gasteiger partial charge on any atom is -0.325 e. The first kappa shape index (κ1) is 24.0. The second kappa shape index (κ2) is 9.48. The fraction of sp³-hybridized carbons (Fsp3) is 0.304. The van der Waals surface area contributed by atoms with Crippen molar-refractivity contribution in [3.8, 4) is 5.69 Å². The first-order chi connectivity index (χ1) is 15.0. The predicted molar refractivity (Wildman–Crippen MR) is 129 cm³/mol. The molecule has 0 aliphatic heterocycles. The Balaban J connectivity index is 1.79. The Kier molecular flexibility index (Phi) is 7.12. The maximum Gasteiger partial charge on any atom is 0.242 e. The van der Waals surface area contributed by atoms with Crippen LogP contribution in [0.5, 0.6) is 0 Å². The molecule has 9 heteroatoms. The molecule has 2 aromatic carbocycles. The number of imidazole rings is 1. The van der Waals surface area contributed by atoms with Gasteiger partial charge in [-0.3, -0.25) is 9.36 Å². The molecule has 1 aromatic heterocycles. The molecule has 7 nitrogen and oxygen atoms in total. The molecule has 1 unspecified atom stereocenters. The Hall–Kier alpha value is -2.62. The van der Waals surface area contributed by atoms with E-state index in [0.29, 0.717) is 10.8 Å². The lowest BCUT2D eigenvalue weighted by molar-refractivity contribution is -0.115. The van der Waals surface area contributed by atoms with Gasteiger partial charge in [-0.1, -0.05) is 23.9 Å². The number of amides is 1. The van der Waals surface area contributed by atoms with E-state index in [0.717, 1.165) is 26.7 Å². The largest absolute Gasteiger partial charge is 0.325 e. The minimum absolute atomic E-state index is 0.133. The normalized spacial score (nSPS) is 12.7. The summed E-state index contributed by atoms with van der Waals surface area (Å²) < 4.78 is 28.0. The lowest BCUT2D eigenvalue weighted by Crippen LogP contribution is -2.25. The third-order valence-corrected chi connectivity index (χ3v) is 7.88. The monoisotopic (exact) mass is 472 g/mol. The highest BCUT2D eigenvalue weighted by Crippen LogP contribution is 2.28. The molecule has 1 heterocycles. The number of benzene rings is 2. The number of rotatable bonds is 7. The van der Waals surface area contributed by atoms with Crippen molar-refractivity contribution < 1.29 is 13.2 Å². The van der Waals surface area contributed by atoms with Gasteiger partial charge in [-0.2, -0.15) is 0 Å². The van der Waals surface area contributed by atoms with Crippen LogP contribution in [0.25, 0.3) is 5.69 Å². The highest BCUT2D eigenvalue weighted by molar-refractivity contribution is 8.00. The number of nitrogens with zero attached hydrogens (tertiary/aromatic N) is 3. The van der Waals surface area contributed by atoms with Gasteiger partial charge in [0.05, 0.1) is 10.1 Å². The van der Waals surface area contributed by atoms with Crippen molar-refractivity contribution in [3.05, 3.63) is 65.5 Å². The number of aryl methyl sites for hydroxylation is 3. The van der Waals surface area contributed by atoms with E-state index in [4.69, 9.17) is 0 Å². The van der Waals surface area contributed by atoms with Crippen LogP contribution in [0.4, 0.5) is 5.69 Å². The first-order valence-corrected chi connectivity index (χ1v) is 12.4. The summed E-state index contributed by atoms with van der Waals surface area (Å²) >= 11 is 1.34. The van der Waals surface area contributed by atoms with Gasteiger partial charge in [-0.25, -0.2) is 17.7 Å². The Morgan fingerprint density at radius 3 is 2.38 bits per heavy atom. The van der Waals surface area contributed by atoms with Crippen LogP contribution in [0.15, 0.2) is 58.8 Å². The molecule has 0 saturated carbocycles. The second-order valence-corrected chi connectivity index (χ2v) is 11.4. The standard InChI is InChI=1S/C23H28N4O3S2/c1-15-11-16(2)13-19(12-15)27-10-9-24-23(27)31-18(4)22(28)25-21-14-20(8-7-17(21)3)32(29,30)26(5)6/h7-14,18H,1-6H3,(H,25,28). The van der Waals surface area contributed by atoms with Gasteiger partial charge in [0.2, 0.25) is 15.9 Å². The maximum absolute atomic E-state index is 12.9. The van der Waals surface area contributed by atoms with Gasteiger partial charge in [0, 0.05) is 37.9 Å². The molecule has 0 fully saturated rings. The molecule has 0 bridgehead atoms. The van der Waals surface area contributed by atoms with Crippen LogP contribution >= 0.6 is 11.8 Å². The molecule has 3 rings (SSSR count). The van der Waals surface area contributed by atoms with Crippen molar-refractivity contribution in [1.82, 2.24) is 13.9 Å². The number of carbonyl (C=O) groups excluding carboxylic acids is 1. The van der Waals surface area contributed by atoms with Gasteiger partial charge in [0.25, 0.3) is 0 Å². The third-order valence-electron chi connectivity index (χ3n) is 4.99. The van der Waals surface area contributed by atoms with Crippen molar-refractivity contribution >= 4 is 33.4 Å². The number of carbonyl (C=O) groups is 1. The topological polar surface area (TPSA) is 84.3 Å². The average molecular weight is 473 g/mol. The summed E-state index contributed by atoms with van der Waals surface area (Å²) in [6.07, 6.45) is 3.59. The molecule has 1 N–H and O–H groups in total. The average Bonchev–Trinajstić information content (AvgIpc) is 3.16. The van der Waals surface area contributed by atoms with Gasteiger partial charge >= 0.3 is 0 Å². The Bertz CT molecular complexity index is 1230.